The number of fused-ring (bicyclic) bond motifs is 4. The van der Waals surface area contributed by atoms with Crippen LogP contribution in [-0.2, 0) is 10.2 Å². The van der Waals surface area contributed by atoms with E-state index in [9.17, 15) is 14.7 Å². The molecule has 1 atom stereocenters. The number of nitrogens with zero attached hydrogens (tertiary/aromatic N) is 2. The molecule has 8 heteroatoms. The Hall–Kier alpha value is -2.74. The highest BCUT2D eigenvalue weighted by Gasteiger charge is 2.55. The van der Waals surface area contributed by atoms with Crippen LogP contribution in [0.15, 0.2) is 18.2 Å². The predicted octanol–water partition coefficient (Wildman–Crippen LogP) is 2.52. The van der Waals surface area contributed by atoms with Crippen LogP contribution in [0.2, 0.25) is 0 Å². The second kappa shape index (κ2) is 7.69. The van der Waals surface area contributed by atoms with Crippen LogP contribution in [0.3, 0.4) is 0 Å². The summed E-state index contributed by atoms with van der Waals surface area (Å²) in [6.45, 7) is 5.37. The number of aliphatic hydroxyl groups is 1. The molecule has 3 heterocycles. The minimum Gasteiger partial charge on any atom is -0.497 e. The fourth-order valence-corrected chi connectivity index (χ4v) is 5.55. The first-order chi connectivity index (χ1) is 15.4. The first-order valence-electron chi connectivity index (χ1n) is 11.5. The summed E-state index contributed by atoms with van der Waals surface area (Å²) in [5, 5.41) is 14.4. The molecule has 3 amide bonds. The number of ether oxygens (including phenoxy) is 1. The molecule has 3 aliphatic rings. The van der Waals surface area contributed by atoms with Crippen molar-refractivity contribution in [2.45, 2.75) is 50.6 Å². The van der Waals surface area contributed by atoms with E-state index in [-0.39, 0.29) is 35.9 Å². The van der Waals surface area contributed by atoms with Gasteiger partial charge in [-0.25, -0.2) is 4.79 Å². The van der Waals surface area contributed by atoms with Crippen molar-refractivity contribution in [3.63, 3.8) is 0 Å². The molecule has 1 aromatic carbocycles. The monoisotopic (exact) mass is 440 g/mol. The number of amides is 3. The third kappa shape index (κ3) is 3.15. The summed E-state index contributed by atoms with van der Waals surface area (Å²) in [4.78, 5) is 33.2. The normalized spacial score (nSPS) is 22.0. The lowest BCUT2D eigenvalue weighted by molar-refractivity contribution is -0.145. The average molecular weight is 441 g/mol. The molecule has 5 rings (SSSR count). The number of H-pyrrole nitrogens is 1. The minimum atomic E-state index is -0.402. The number of hydrogen-bond donors (Lipinski definition) is 3. The summed E-state index contributed by atoms with van der Waals surface area (Å²) >= 11 is 0. The number of rotatable bonds is 4. The first-order valence-corrected chi connectivity index (χ1v) is 11.5. The van der Waals surface area contributed by atoms with Gasteiger partial charge in [-0.2, -0.15) is 0 Å². The molecular formula is C24H32N4O4. The van der Waals surface area contributed by atoms with E-state index in [1.807, 2.05) is 41.8 Å². The van der Waals surface area contributed by atoms with Gasteiger partial charge >= 0.3 is 6.03 Å². The maximum absolute atomic E-state index is 13.4. The van der Waals surface area contributed by atoms with Crippen molar-refractivity contribution in [2.24, 2.45) is 5.92 Å². The van der Waals surface area contributed by atoms with Crippen molar-refractivity contribution >= 4 is 22.8 Å². The van der Waals surface area contributed by atoms with E-state index in [4.69, 9.17) is 4.74 Å². The molecule has 1 spiro atoms. The Morgan fingerprint density at radius 2 is 2.03 bits per heavy atom. The smallest absolute Gasteiger partial charge is 0.317 e. The molecule has 1 aliphatic carbocycles. The zero-order valence-corrected chi connectivity index (χ0v) is 19.0. The Morgan fingerprint density at radius 1 is 1.28 bits per heavy atom. The average Bonchev–Trinajstić information content (AvgIpc) is 3.07. The molecule has 2 fully saturated rings. The summed E-state index contributed by atoms with van der Waals surface area (Å²) < 4.78 is 5.40. The van der Waals surface area contributed by atoms with Gasteiger partial charge in [0, 0.05) is 54.3 Å². The van der Waals surface area contributed by atoms with Crippen LogP contribution in [0, 0.1) is 5.92 Å². The first kappa shape index (κ1) is 21.1. The summed E-state index contributed by atoms with van der Waals surface area (Å²) in [6, 6.07) is 5.52. The van der Waals surface area contributed by atoms with Gasteiger partial charge in [-0.1, -0.05) is 6.42 Å². The number of aromatic nitrogens is 1. The Labute approximate surface area is 187 Å². The molecule has 1 saturated heterocycles. The standard InChI is InChI=1S/C24H32N4O4/c1-14(2)25-23(31)27-11-24(12-27)13-28(22(30)15-5-4-6-15)19(10-29)21-20(24)17-8-7-16(32-3)9-18(17)26-21/h7-9,14-15,19,26,29H,4-6,10-13H2,1-3H3,(H,25,31)/t19-/m1/s1. The summed E-state index contributed by atoms with van der Waals surface area (Å²) in [5.74, 6) is 0.925. The zero-order valence-electron chi connectivity index (χ0n) is 19.0. The van der Waals surface area contributed by atoms with Gasteiger partial charge in [0.1, 0.15) is 5.75 Å². The van der Waals surface area contributed by atoms with Gasteiger partial charge in [0.05, 0.1) is 25.2 Å². The molecule has 3 N–H and O–H groups in total. The quantitative estimate of drug-likeness (QED) is 0.681. The lowest BCUT2D eigenvalue weighted by Crippen LogP contribution is -2.69. The molecular weight excluding hydrogens is 408 g/mol. The molecule has 172 valence electrons. The summed E-state index contributed by atoms with van der Waals surface area (Å²) in [5.41, 5.74) is 2.59. The topological polar surface area (TPSA) is 97.9 Å². The van der Waals surface area contributed by atoms with Crippen LogP contribution < -0.4 is 10.1 Å². The lowest BCUT2D eigenvalue weighted by atomic mass is 9.68. The van der Waals surface area contributed by atoms with E-state index in [0.29, 0.717) is 19.6 Å². The Bertz CT molecular complexity index is 1050. The van der Waals surface area contributed by atoms with Crippen LogP contribution >= 0.6 is 0 Å². The molecule has 1 saturated carbocycles. The highest BCUT2D eigenvalue weighted by atomic mass is 16.5. The van der Waals surface area contributed by atoms with Crippen LogP contribution in [0.25, 0.3) is 10.9 Å². The van der Waals surface area contributed by atoms with Gasteiger partial charge in [0.25, 0.3) is 0 Å². The molecule has 0 unspecified atom stereocenters. The molecule has 0 bridgehead atoms. The number of carbonyl (C=O) groups is 2. The molecule has 1 aromatic heterocycles. The number of likely N-dealkylation sites (tertiary alicyclic amines) is 1. The lowest BCUT2D eigenvalue weighted by Gasteiger charge is -2.56. The van der Waals surface area contributed by atoms with Crippen LogP contribution in [0.5, 0.6) is 5.75 Å². The molecule has 32 heavy (non-hydrogen) atoms. The van der Waals surface area contributed by atoms with E-state index in [2.05, 4.69) is 10.3 Å². The minimum absolute atomic E-state index is 0.0486. The number of aromatic amines is 1. The predicted molar refractivity (Wildman–Crippen MR) is 121 cm³/mol. The third-order valence-electron chi connectivity index (χ3n) is 7.34. The van der Waals surface area contributed by atoms with Crippen molar-refractivity contribution < 1.29 is 19.4 Å². The Kier molecular flexibility index (Phi) is 5.08. The second-order valence-corrected chi connectivity index (χ2v) is 9.86. The van der Waals surface area contributed by atoms with Gasteiger partial charge < -0.3 is 29.9 Å². The van der Waals surface area contributed by atoms with Crippen LogP contribution in [0.1, 0.15) is 50.4 Å². The third-order valence-corrected chi connectivity index (χ3v) is 7.34. The van der Waals surface area contributed by atoms with Gasteiger partial charge in [0.2, 0.25) is 5.91 Å². The Balaban J connectivity index is 1.57. The Morgan fingerprint density at radius 3 is 2.62 bits per heavy atom. The second-order valence-electron chi connectivity index (χ2n) is 9.86. The number of hydrogen-bond acceptors (Lipinski definition) is 4. The maximum atomic E-state index is 13.4. The van der Waals surface area contributed by atoms with E-state index in [0.717, 1.165) is 47.2 Å². The maximum Gasteiger partial charge on any atom is 0.317 e. The van der Waals surface area contributed by atoms with Crippen molar-refractivity contribution in [3.8, 4) is 5.75 Å². The van der Waals surface area contributed by atoms with Crippen LogP contribution in [0.4, 0.5) is 4.79 Å². The van der Waals surface area contributed by atoms with Gasteiger partial charge in [0.15, 0.2) is 0 Å². The van der Waals surface area contributed by atoms with E-state index < -0.39 is 6.04 Å². The summed E-state index contributed by atoms with van der Waals surface area (Å²) in [7, 11) is 1.64. The SMILES string of the molecule is COc1ccc2c3c([nH]c2c1)[C@@H](CO)N(C(=O)C1CCC1)CC31CN(C(=O)NC(C)C)C1. The van der Waals surface area contributed by atoms with E-state index in [1.54, 1.807) is 7.11 Å². The van der Waals surface area contributed by atoms with Crippen molar-refractivity contribution in [1.82, 2.24) is 20.1 Å². The van der Waals surface area contributed by atoms with Gasteiger partial charge in [-0.3, -0.25) is 4.79 Å². The summed E-state index contributed by atoms with van der Waals surface area (Å²) in [6.07, 6.45) is 2.92. The van der Waals surface area contributed by atoms with Crippen molar-refractivity contribution in [3.05, 3.63) is 29.5 Å². The number of nitrogens with one attached hydrogen (secondary N) is 2. The molecule has 2 aromatic rings. The van der Waals surface area contributed by atoms with Crippen LogP contribution in [-0.4, -0.2) is 71.2 Å². The number of carbonyl (C=O) groups excluding carboxylic acids is 2. The number of methoxy groups -OCH3 is 1. The number of aliphatic hydroxyl groups excluding tert-OH is 1. The largest absolute Gasteiger partial charge is 0.497 e. The van der Waals surface area contributed by atoms with Gasteiger partial charge in [-0.15, -0.1) is 0 Å². The van der Waals surface area contributed by atoms with E-state index in [1.165, 1.54) is 0 Å². The molecule has 0 radical (unpaired) electrons. The fraction of sp³-hybridized carbons (Fsp3) is 0.583. The highest BCUT2D eigenvalue weighted by Crippen LogP contribution is 2.49. The number of benzene rings is 1. The highest BCUT2D eigenvalue weighted by molar-refractivity contribution is 5.90. The molecule has 2 aliphatic heterocycles. The van der Waals surface area contributed by atoms with E-state index >= 15 is 0 Å². The molecule has 8 nitrogen and oxygen atoms in total. The zero-order chi connectivity index (χ0) is 22.6. The van der Waals surface area contributed by atoms with Gasteiger partial charge in [-0.05, 0) is 44.4 Å². The number of urea groups is 1. The van der Waals surface area contributed by atoms with Crippen molar-refractivity contribution in [1.29, 1.82) is 0 Å². The fourth-order valence-electron chi connectivity index (χ4n) is 5.55. The van der Waals surface area contributed by atoms with Crippen molar-refractivity contribution in [2.75, 3.05) is 33.4 Å².